The first-order chi connectivity index (χ1) is 17.0. The summed E-state index contributed by atoms with van der Waals surface area (Å²) >= 11 is 0. The largest absolute Gasteiger partial charge is 0.461 e. The van der Waals surface area contributed by atoms with Crippen LogP contribution in [0.1, 0.15) is 72.1 Å². The molecule has 36 heavy (non-hydrogen) atoms. The first-order valence-electron chi connectivity index (χ1n) is 13.7. The van der Waals surface area contributed by atoms with E-state index in [1.165, 1.54) is 5.57 Å². The molecule has 8 nitrogen and oxygen atoms in total. The van der Waals surface area contributed by atoms with Gasteiger partial charge in [0.1, 0.15) is 23.4 Å². The standard InChI is InChI=1S/C28H40O8/c1-14-23-20(29)13-28(32)19-6-5-16-11-17(36-22-12-21(33-4)24(30)15(2)34-22)7-9-26(16,3)18(19)8-10-27(23,28)25(31)35-14/h5,14-15,17-19,21-24,30,32H,6-13H2,1-4H3/t14-,15-,17+,18+,19-,21+,22+,23+,24-,26+,27-,28+/m1/s1. The highest BCUT2D eigenvalue weighted by Gasteiger charge is 2.78. The fraction of sp³-hybridized carbons (Fsp3) is 0.857. The Bertz CT molecular complexity index is 979. The second-order valence-electron chi connectivity index (χ2n) is 12.5. The molecule has 12 atom stereocenters. The molecule has 8 heteroatoms. The van der Waals surface area contributed by atoms with Gasteiger partial charge in [-0.05, 0) is 69.6 Å². The van der Waals surface area contributed by atoms with Crippen LogP contribution in [-0.2, 0) is 28.5 Å². The van der Waals surface area contributed by atoms with Gasteiger partial charge in [0.05, 0.1) is 29.8 Å². The molecule has 4 aliphatic carbocycles. The molecular weight excluding hydrogens is 464 g/mol. The fourth-order valence-electron chi connectivity index (χ4n) is 9.23. The van der Waals surface area contributed by atoms with Crippen molar-refractivity contribution < 1.29 is 38.7 Å². The van der Waals surface area contributed by atoms with E-state index in [2.05, 4.69) is 13.0 Å². The Morgan fingerprint density at radius 3 is 2.64 bits per heavy atom. The number of methoxy groups -OCH3 is 1. The SMILES string of the molecule is CO[C@H]1C[C@H](O[C@H]2CC[C@@]3(C)C(=CC[C@@H]4[C@@H]3CC[C@]35C(=O)O[C@H](C)[C@H]3C(=O)C[C@]45O)C2)O[C@H](C)[C@H]1O. The Kier molecular flexibility index (Phi) is 5.79. The second-order valence-corrected chi connectivity index (χ2v) is 12.5. The number of ether oxygens (including phenoxy) is 4. The number of hydrogen-bond donors (Lipinski definition) is 2. The van der Waals surface area contributed by atoms with Crippen LogP contribution in [0.3, 0.4) is 0 Å². The Morgan fingerprint density at radius 2 is 1.89 bits per heavy atom. The number of carbonyl (C=O) groups excluding carboxylic acids is 2. The first-order valence-corrected chi connectivity index (χ1v) is 13.7. The van der Waals surface area contributed by atoms with Crippen molar-refractivity contribution in [2.45, 2.75) is 115 Å². The summed E-state index contributed by atoms with van der Waals surface area (Å²) in [5.41, 5.74) is -1.15. The lowest BCUT2D eigenvalue weighted by Crippen LogP contribution is -2.63. The molecular formula is C28H40O8. The predicted molar refractivity (Wildman–Crippen MR) is 128 cm³/mol. The number of aliphatic hydroxyl groups excluding tert-OH is 1. The number of cyclic esters (lactones) is 1. The third-order valence-corrected chi connectivity index (χ3v) is 11.1. The molecule has 2 heterocycles. The second kappa shape index (κ2) is 8.34. The molecule has 200 valence electrons. The van der Waals surface area contributed by atoms with Crippen molar-refractivity contribution in [3.8, 4) is 0 Å². The van der Waals surface area contributed by atoms with Crippen LogP contribution >= 0.6 is 0 Å². The molecule has 0 aromatic rings. The Hall–Kier alpha value is -1.32. The lowest BCUT2D eigenvalue weighted by atomic mass is 9.45. The van der Waals surface area contributed by atoms with Crippen molar-refractivity contribution in [2.24, 2.45) is 28.6 Å². The molecule has 2 saturated heterocycles. The normalized spacial score (nSPS) is 54.2. The van der Waals surface area contributed by atoms with Gasteiger partial charge in [-0.15, -0.1) is 0 Å². The van der Waals surface area contributed by atoms with Crippen LogP contribution in [-0.4, -0.2) is 71.5 Å². The lowest BCUT2D eigenvalue weighted by molar-refractivity contribution is -0.266. The van der Waals surface area contributed by atoms with Crippen molar-refractivity contribution in [1.29, 1.82) is 0 Å². The number of ketones is 1. The van der Waals surface area contributed by atoms with Gasteiger partial charge in [0.2, 0.25) is 0 Å². The van der Waals surface area contributed by atoms with Crippen LogP contribution in [0, 0.1) is 28.6 Å². The summed E-state index contributed by atoms with van der Waals surface area (Å²) in [5.74, 6) is -0.829. The number of hydrogen-bond acceptors (Lipinski definition) is 8. The topological polar surface area (TPSA) is 112 Å². The number of allylic oxidation sites excluding steroid dienone is 1. The van der Waals surface area contributed by atoms with Crippen molar-refractivity contribution in [3.63, 3.8) is 0 Å². The van der Waals surface area contributed by atoms with E-state index in [1.54, 1.807) is 14.0 Å². The van der Waals surface area contributed by atoms with E-state index in [1.807, 2.05) is 6.92 Å². The molecule has 3 saturated carbocycles. The van der Waals surface area contributed by atoms with Crippen LogP contribution in [0.4, 0.5) is 0 Å². The Morgan fingerprint density at radius 1 is 1.11 bits per heavy atom. The van der Waals surface area contributed by atoms with Gasteiger partial charge in [0.15, 0.2) is 6.29 Å². The van der Waals surface area contributed by atoms with Crippen LogP contribution in [0.5, 0.6) is 0 Å². The van der Waals surface area contributed by atoms with Gasteiger partial charge in [0, 0.05) is 20.0 Å². The monoisotopic (exact) mass is 504 g/mol. The highest BCUT2D eigenvalue weighted by molar-refractivity contribution is 5.98. The number of esters is 1. The van der Waals surface area contributed by atoms with E-state index in [9.17, 15) is 19.8 Å². The summed E-state index contributed by atoms with van der Waals surface area (Å²) < 4.78 is 23.3. The maximum Gasteiger partial charge on any atom is 0.316 e. The van der Waals surface area contributed by atoms with E-state index in [4.69, 9.17) is 18.9 Å². The minimum atomic E-state index is -1.33. The van der Waals surface area contributed by atoms with Gasteiger partial charge in [-0.2, -0.15) is 0 Å². The Labute approximate surface area is 212 Å². The molecule has 6 rings (SSSR count). The average molecular weight is 505 g/mol. The Balaban J connectivity index is 1.22. The fourth-order valence-corrected chi connectivity index (χ4v) is 9.23. The summed E-state index contributed by atoms with van der Waals surface area (Å²) in [6.07, 6.45) is 5.23. The van der Waals surface area contributed by atoms with Gasteiger partial charge in [-0.25, -0.2) is 0 Å². The van der Waals surface area contributed by atoms with Crippen LogP contribution in [0.2, 0.25) is 0 Å². The zero-order valence-electron chi connectivity index (χ0n) is 21.8. The van der Waals surface area contributed by atoms with Crippen LogP contribution in [0.25, 0.3) is 0 Å². The molecule has 0 radical (unpaired) electrons. The lowest BCUT2D eigenvalue weighted by Gasteiger charge is -2.59. The van der Waals surface area contributed by atoms with Gasteiger partial charge in [-0.3, -0.25) is 9.59 Å². The van der Waals surface area contributed by atoms with Crippen molar-refractivity contribution in [2.75, 3.05) is 7.11 Å². The van der Waals surface area contributed by atoms with E-state index in [-0.39, 0.29) is 53.7 Å². The van der Waals surface area contributed by atoms with Gasteiger partial charge >= 0.3 is 5.97 Å². The van der Waals surface area contributed by atoms with Gasteiger partial charge in [-0.1, -0.05) is 18.6 Å². The minimum absolute atomic E-state index is 0.0188. The third kappa shape index (κ3) is 3.17. The maximum atomic E-state index is 13.1. The summed E-state index contributed by atoms with van der Waals surface area (Å²) in [6.45, 7) is 5.93. The number of Topliss-reactive ketones (excluding diaryl/α,β-unsaturated/α-hetero) is 1. The molecule has 6 aliphatic rings. The molecule has 0 amide bonds. The molecule has 0 unspecified atom stereocenters. The van der Waals surface area contributed by atoms with E-state index in [0.29, 0.717) is 19.3 Å². The van der Waals surface area contributed by atoms with E-state index in [0.717, 1.165) is 25.7 Å². The summed E-state index contributed by atoms with van der Waals surface area (Å²) in [6, 6.07) is 0. The number of fused-ring (bicyclic) bond motifs is 4. The number of rotatable bonds is 3. The molecule has 0 bridgehead atoms. The minimum Gasteiger partial charge on any atom is -0.461 e. The smallest absolute Gasteiger partial charge is 0.316 e. The van der Waals surface area contributed by atoms with Crippen molar-refractivity contribution in [1.82, 2.24) is 0 Å². The quantitative estimate of drug-likeness (QED) is 0.446. The third-order valence-electron chi connectivity index (χ3n) is 11.1. The van der Waals surface area contributed by atoms with Crippen molar-refractivity contribution in [3.05, 3.63) is 11.6 Å². The molecule has 0 aromatic carbocycles. The highest BCUT2D eigenvalue weighted by Crippen LogP contribution is 2.69. The zero-order chi connectivity index (χ0) is 25.6. The zero-order valence-corrected chi connectivity index (χ0v) is 21.8. The summed E-state index contributed by atoms with van der Waals surface area (Å²) in [5, 5.41) is 22.4. The van der Waals surface area contributed by atoms with E-state index >= 15 is 0 Å². The van der Waals surface area contributed by atoms with Crippen molar-refractivity contribution >= 4 is 11.8 Å². The summed E-state index contributed by atoms with van der Waals surface area (Å²) in [4.78, 5) is 26.2. The number of aliphatic hydroxyl groups is 2. The van der Waals surface area contributed by atoms with Gasteiger partial charge < -0.3 is 29.2 Å². The highest BCUT2D eigenvalue weighted by atomic mass is 16.7. The average Bonchev–Trinajstić information content (AvgIpc) is 3.24. The predicted octanol–water partition coefficient (Wildman–Crippen LogP) is 2.68. The van der Waals surface area contributed by atoms with E-state index < -0.39 is 35.4 Å². The molecule has 2 N–H and O–H groups in total. The first kappa shape index (κ1) is 25.0. The maximum absolute atomic E-state index is 13.1. The molecule has 1 spiro atoms. The van der Waals surface area contributed by atoms with Gasteiger partial charge in [0.25, 0.3) is 0 Å². The van der Waals surface area contributed by atoms with Crippen LogP contribution in [0.15, 0.2) is 11.6 Å². The molecule has 2 aliphatic heterocycles. The number of carbonyl (C=O) groups is 2. The summed E-state index contributed by atoms with van der Waals surface area (Å²) in [7, 11) is 1.60. The molecule has 5 fully saturated rings. The van der Waals surface area contributed by atoms with Crippen LogP contribution < -0.4 is 0 Å². The molecule has 0 aromatic heterocycles.